The molecule has 1 heterocycles. The van der Waals surface area contributed by atoms with Gasteiger partial charge in [0.2, 0.25) is 5.91 Å². The van der Waals surface area contributed by atoms with E-state index >= 15 is 0 Å². The standard InChI is InChI=1S/C12H11NO6/c14-7-4-10(15)13(5-7)6-1-2-8(11(16)17)9(3-6)12(18)19/h1-3,7,14H,4-5H2,(H,16,17)(H,18,19). The fourth-order valence-corrected chi connectivity index (χ4v) is 2.00. The number of benzene rings is 1. The molecule has 100 valence electrons. The lowest BCUT2D eigenvalue weighted by molar-refractivity contribution is -0.117. The molecular weight excluding hydrogens is 254 g/mol. The summed E-state index contributed by atoms with van der Waals surface area (Å²) in [6.07, 6.45) is -0.816. The summed E-state index contributed by atoms with van der Waals surface area (Å²) in [5.74, 6) is -3.06. The topological polar surface area (TPSA) is 115 Å². The van der Waals surface area contributed by atoms with E-state index in [2.05, 4.69) is 0 Å². The van der Waals surface area contributed by atoms with Gasteiger partial charge in [0.1, 0.15) is 0 Å². The predicted octanol–water partition coefficient (Wildman–Crippen LogP) is 0.181. The Balaban J connectivity index is 2.44. The Morgan fingerprint density at radius 3 is 2.26 bits per heavy atom. The van der Waals surface area contributed by atoms with Crippen LogP contribution in [0, 0.1) is 0 Å². The first-order valence-corrected chi connectivity index (χ1v) is 5.49. The zero-order valence-corrected chi connectivity index (χ0v) is 9.74. The van der Waals surface area contributed by atoms with Gasteiger partial charge in [0.15, 0.2) is 0 Å². The number of β-amino-alcohol motifs (C(OH)–C–C–N with tert-alkyl or cyclic N) is 1. The Morgan fingerprint density at radius 1 is 1.16 bits per heavy atom. The monoisotopic (exact) mass is 265 g/mol. The summed E-state index contributed by atoms with van der Waals surface area (Å²) in [7, 11) is 0. The molecule has 0 spiro atoms. The fraction of sp³-hybridized carbons (Fsp3) is 0.250. The van der Waals surface area contributed by atoms with Gasteiger partial charge in [0, 0.05) is 5.69 Å². The van der Waals surface area contributed by atoms with E-state index in [0.29, 0.717) is 0 Å². The summed E-state index contributed by atoms with van der Waals surface area (Å²) in [6.45, 7) is 0.0737. The van der Waals surface area contributed by atoms with Gasteiger partial charge in [-0.3, -0.25) is 4.79 Å². The Hall–Kier alpha value is -2.41. The molecule has 1 amide bonds. The van der Waals surface area contributed by atoms with Crippen LogP contribution >= 0.6 is 0 Å². The van der Waals surface area contributed by atoms with Gasteiger partial charge >= 0.3 is 11.9 Å². The second-order valence-corrected chi connectivity index (χ2v) is 4.20. The third-order valence-electron chi connectivity index (χ3n) is 2.88. The quantitative estimate of drug-likeness (QED) is 0.718. The summed E-state index contributed by atoms with van der Waals surface area (Å²) in [5.41, 5.74) is -0.466. The zero-order valence-electron chi connectivity index (χ0n) is 9.74. The molecule has 0 bridgehead atoms. The largest absolute Gasteiger partial charge is 0.478 e. The van der Waals surface area contributed by atoms with Crippen molar-refractivity contribution >= 4 is 23.5 Å². The van der Waals surface area contributed by atoms with Crippen LogP contribution in [0.2, 0.25) is 0 Å². The van der Waals surface area contributed by atoms with Crippen molar-refractivity contribution in [2.75, 3.05) is 11.4 Å². The lowest BCUT2D eigenvalue weighted by Crippen LogP contribution is -2.25. The van der Waals surface area contributed by atoms with E-state index in [1.54, 1.807) is 0 Å². The number of aromatic carboxylic acids is 2. The molecule has 19 heavy (non-hydrogen) atoms. The number of hydrogen-bond acceptors (Lipinski definition) is 4. The van der Waals surface area contributed by atoms with Crippen molar-refractivity contribution in [1.29, 1.82) is 0 Å². The maximum absolute atomic E-state index is 11.6. The van der Waals surface area contributed by atoms with Crippen molar-refractivity contribution in [2.45, 2.75) is 12.5 Å². The van der Waals surface area contributed by atoms with Crippen LogP contribution in [-0.4, -0.2) is 45.8 Å². The number of aliphatic hydroxyl groups excluding tert-OH is 1. The molecule has 3 N–H and O–H groups in total. The summed E-state index contributed by atoms with van der Waals surface area (Å²) in [4.78, 5) is 34.7. The summed E-state index contributed by atoms with van der Waals surface area (Å²) < 4.78 is 0. The molecule has 0 saturated carbocycles. The average Bonchev–Trinajstić information content (AvgIpc) is 2.67. The maximum atomic E-state index is 11.6. The van der Waals surface area contributed by atoms with E-state index in [4.69, 9.17) is 10.2 Å². The molecule has 1 fully saturated rings. The van der Waals surface area contributed by atoms with Crippen LogP contribution in [0.15, 0.2) is 18.2 Å². The van der Waals surface area contributed by atoms with Gasteiger partial charge in [-0.15, -0.1) is 0 Å². The highest BCUT2D eigenvalue weighted by atomic mass is 16.4. The van der Waals surface area contributed by atoms with Crippen molar-refractivity contribution in [3.05, 3.63) is 29.3 Å². The van der Waals surface area contributed by atoms with E-state index in [-0.39, 0.29) is 35.7 Å². The van der Waals surface area contributed by atoms with E-state index in [1.165, 1.54) is 11.0 Å². The number of carboxylic acid groups (broad SMARTS) is 2. The van der Waals surface area contributed by atoms with Gasteiger partial charge in [-0.2, -0.15) is 0 Å². The molecular formula is C12H11NO6. The fourth-order valence-electron chi connectivity index (χ4n) is 2.00. The van der Waals surface area contributed by atoms with Crippen LogP contribution in [0.5, 0.6) is 0 Å². The minimum Gasteiger partial charge on any atom is -0.478 e. The van der Waals surface area contributed by atoms with Gasteiger partial charge in [0.05, 0.1) is 30.2 Å². The number of nitrogens with zero attached hydrogens (tertiary/aromatic N) is 1. The number of carbonyl (C=O) groups excluding carboxylic acids is 1. The van der Waals surface area contributed by atoms with Gasteiger partial charge in [-0.1, -0.05) is 0 Å². The van der Waals surface area contributed by atoms with Crippen molar-refractivity contribution in [2.24, 2.45) is 0 Å². The Morgan fingerprint density at radius 2 is 1.79 bits per heavy atom. The minimum absolute atomic E-state index is 0.0247. The number of hydrogen-bond donors (Lipinski definition) is 3. The van der Waals surface area contributed by atoms with Crippen LogP contribution in [0.3, 0.4) is 0 Å². The second kappa shape index (κ2) is 4.69. The highest BCUT2D eigenvalue weighted by Gasteiger charge is 2.30. The van der Waals surface area contributed by atoms with Crippen molar-refractivity contribution in [1.82, 2.24) is 0 Å². The molecule has 1 saturated heterocycles. The third-order valence-corrected chi connectivity index (χ3v) is 2.88. The lowest BCUT2D eigenvalue weighted by Gasteiger charge is -2.17. The minimum atomic E-state index is -1.38. The molecule has 1 aromatic carbocycles. The first-order valence-electron chi connectivity index (χ1n) is 5.49. The van der Waals surface area contributed by atoms with Crippen molar-refractivity contribution in [3.63, 3.8) is 0 Å². The molecule has 0 radical (unpaired) electrons. The highest BCUT2D eigenvalue weighted by molar-refractivity contribution is 6.04. The normalized spacial score (nSPS) is 18.7. The van der Waals surface area contributed by atoms with Crippen LogP contribution in [0.4, 0.5) is 5.69 Å². The Bertz CT molecular complexity index is 567. The number of carboxylic acids is 2. The van der Waals surface area contributed by atoms with Crippen molar-refractivity contribution in [3.8, 4) is 0 Å². The molecule has 1 unspecified atom stereocenters. The number of anilines is 1. The van der Waals surface area contributed by atoms with E-state index in [0.717, 1.165) is 12.1 Å². The summed E-state index contributed by atoms with van der Waals surface area (Å²) in [6, 6.07) is 3.62. The van der Waals surface area contributed by atoms with Crippen LogP contribution < -0.4 is 4.90 Å². The zero-order chi connectivity index (χ0) is 14.2. The van der Waals surface area contributed by atoms with Gasteiger partial charge in [0.25, 0.3) is 0 Å². The molecule has 0 aromatic heterocycles. The first kappa shape index (κ1) is 13.0. The van der Waals surface area contributed by atoms with Gasteiger partial charge < -0.3 is 20.2 Å². The second-order valence-electron chi connectivity index (χ2n) is 4.20. The number of amides is 1. The Kier molecular flexibility index (Phi) is 3.22. The van der Waals surface area contributed by atoms with Crippen LogP contribution in [0.1, 0.15) is 27.1 Å². The molecule has 1 aliphatic rings. The molecule has 1 aromatic rings. The van der Waals surface area contributed by atoms with Gasteiger partial charge in [-0.25, -0.2) is 9.59 Å². The summed E-state index contributed by atoms with van der Waals surface area (Å²) >= 11 is 0. The highest BCUT2D eigenvalue weighted by Crippen LogP contribution is 2.24. The number of rotatable bonds is 3. The smallest absolute Gasteiger partial charge is 0.336 e. The molecule has 1 aliphatic heterocycles. The van der Waals surface area contributed by atoms with Gasteiger partial charge in [-0.05, 0) is 18.2 Å². The average molecular weight is 265 g/mol. The third kappa shape index (κ3) is 2.41. The lowest BCUT2D eigenvalue weighted by atomic mass is 10.1. The Labute approximate surface area is 107 Å². The number of carbonyl (C=O) groups is 3. The van der Waals surface area contributed by atoms with Crippen LogP contribution in [0.25, 0.3) is 0 Å². The molecule has 7 heteroatoms. The molecule has 1 atom stereocenters. The van der Waals surface area contributed by atoms with E-state index < -0.39 is 18.0 Å². The van der Waals surface area contributed by atoms with Crippen LogP contribution in [-0.2, 0) is 4.79 Å². The van der Waals surface area contributed by atoms with Crippen molar-refractivity contribution < 1.29 is 29.7 Å². The molecule has 0 aliphatic carbocycles. The molecule has 2 rings (SSSR count). The van der Waals surface area contributed by atoms with E-state index in [1.807, 2.05) is 0 Å². The first-order chi connectivity index (χ1) is 8.90. The van der Waals surface area contributed by atoms with E-state index in [9.17, 15) is 19.5 Å². The maximum Gasteiger partial charge on any atom is 0.336 e. The SMILES string of the molecule is O=C(O)c1ccc(N2CC(O)CC2=O)cc1C(=O)O. The predicted molar refractivity (Wildman–Crippen MR) is 63.3 cm³/mol. The number of aliphatic hydroxyl groups is 1. The molecule has 7 nitrogen and oxygen atoms in total. The summed E-state index contributed by atoms with van der Waals surface area (Å²) in [5, 5.41) is 27.2.